The molecule has 4 rings (SSSR count). The highest BCUT2D eigenvalue weighted by Gasteiger charge is 2.21. The van der Waals surface area contributed by atoms with Crippen molar-refractivity contribution in [3.63, 3.8) is 0 Å². The van der Waals surface area contributed by atoms with Gasteiger partial charge in [-0.1, -0.05) is 47.7 Å². The van der Waals surface area contributed by atoms with Gasteiger partial charge in [-0.3, -0.25) is 14.5 Å². The molecule has 9 heteroatoms. The zero-order valence-electron chi connectivity index (χ0n) is 18.9. The molecule has 34 heavy (non-hydrogen) atoms. The van der Waals surface area contributed by atoms with Crippen molar-refractivity contribution >= 4 is 28.8 Å². The summed E-state index contributed by atoms with van der Waals surface area (Å²) >= 11 is 1.19. The maximum absolute atomic E-state index is 13.3. The molecular formula is C25H28FN5O2S. The molecule has 2 N–H and O–H groups in total. The van der Waals surface area contributed by atoms with E-state index in [2.05, 4.69) is 50.0 Å². The highest BCUT2D eigenvalue weighted by atomic mass is 32.1. The van der Waals surface area contributed by atoms with Crippen LogP contribution in [-0.4, -0.2) is 46.0 Å². The maximum Gasteiger partial charge on any atom is 0.286 e. The second-order valence-corrected chi connectivity index (χ2v) is 9.48. The fourth-order valence-corrected chi connectivity index (χ4v) is 4.75. The van der Waals surface area contributed by atoms with Gasteiger partial charge in [0.25, 0.3) is 5.91 Å². The van der Waals surface area contributed by atoms with E-state index in [9.17, 15) is 14.0 Å². The maximum atomic E-state index is 13.3. The van der Waals surface area contributed by atoms with Crippen molar-refractivity contribution in [1.82, 2.24) is 20.4 Å². The number of piperidine rings is 1. The van der Waals surface area contributed by atoms with Gasteiger partial charge < -0.3 is 10.6 Å². The van der Waals surface area contributed by atoms with Crippen molar-refractivity contribution in [1.29, 1.82) is 0 Å². The van der Waals surface area contributed by atoms with Crippen LogP contribution in [0.2, 0.25) is 0 Å². The van der Waals surface area contributed by atoms with E-state index in [1.807, 2.05) is 6.07 Å². The van der Waals surface area contributed by atoms with Crippen molar-refractivity contribution in [2.45, 2.75) is 44.7 Å². The number of likely N-dealkylation sites (tertiary alicyclic amines) is 1. The molecule has 0 spiro atoms. The highest BCUT2D eigenvalue weighted by Crippen LogP contribution is 2.17. The third-order valence-electron chi connectivity index (χ3n) is 5.74. The topological polar surface area (TPSA) is 87.2 Å². The number of hydrogen-bond acceptors (Lipinski definition) is 6. The average molecular weight is 482 g/mol. The van der Waals surface area contributed by atoms with E-state index in [4.69, 9.17) is 0 Å². The number of carbonyl (C=O) groups is 2. The van der Waals surface area contributed by atoms with Gasteiger partial charge in [-0.15, -0.1) is 10.2 Å². The number of benzene rings is 2. The van der Waals surface area contributed by atoms with Crippen molar-refractivity contribution in [2.24, 2.45) is 0 Å². The Balaban J connectivity index is 1.14. The Hall–Kier alpha value is -3.17. The zero-order chi connectivity index (χ0) is 23.8. The predicted molar refractivity (Wildman–Crippen MR) is 130 cm³/mol. The van der Waals surface area contributed by atoms with Crippen LogP contribution in [0.15, 0.2) is 54.6 Å². The minimum atomic E-state index is -0.425. The van der Waals surface area contributed by atoms with Crippen LogP contribution in [0.1, 0.15) is 46.1 Å². The van der Waals surface area contributed by atoms with E-state index in [0.29, 0.717) is 30.0 Å². The smallest absolute Gasteiger partial charge is 0.286 e. The molecule has 2 amide bonds. The molecule has 1 aliphatic rings. The molecule has 1 aromatic heterocycles. The lowest BCUT2D eigenvalue weighted by molar-refractivity contribution is -0.122. The average Bonchev–Trinajstić information content (AvgIpc) is 3.30. The highest BCUT2D eigenvalue weighted by molar-refractivity contribution is 7.13. The van der Waals surface area contributed by atoms with E-state index in [1.165, 1.54) is 35.1 Å². The largest absolute Gasteiger partial charge is 0.353 e. The molecular weight excluding hydrogens is 453 g/mol. The second kappa shape index (κ2) is 11.8. The number of amides is 2. The number of anilines is 1. The standard InChI is InChI=1S/C25H28FN5O2S/c26-19-8-4-9-21(16-19)28-24(33)25-30-29-23(34-25)11-5-10-22(32)27-20-12-14-31(15-13-20)17-18-6-2-1-3-7-18/h1-4,6-9,16,20H,5,10-15,17H2,(H,27,32)(H,28,33). The van der Waals surface area contributed by atoms with Gasteiger partial charge in [0, 0.05) is 44.2 Å². The van der Waals surface area contributed by atoms with Crippen LogP contribution in [0.4, 0.5) is 10.1 Å². The van der Waals surface area contributed by atoms with Crippen LogP contribution in [0, 0.1) is 5.82 Å². The summed E-state index contributed by atoms with van der Waals surface area (Å²) in [6.45, 7) is 2.90. The van der Waals surface area contributed by atoms with Crippen LogP contribution in [0.5, 0.6) is 0 Å². The summed E-state index contributed by atoms with van der Waals surface area (Å²) in [6, 6.07) is 16.3. The van der Waals surface area contributed by atoms with E-state index in [0.717, 1.165) is 32.5 Å². The summed E-state index contributed by atoms with van der Waals surface area (Å²) in [4.78, 5) is 27.1. The molecule has 7 nitrogen and oxygen atoms in total. The van der Waals surface area contributed by atoms with Crippen molar-refractivity contribution in [3.05, 3.63) is 76.0 Å². The number of carbonyl (C=O) groups excluding carboxylic acids is 2. The van der Waals surface area contributed by atoms with E-state index < -0.39 is 11.7 Å². The van der Waals surface area contributed by atoms with Crippen LogP contribution >= 0.6 is 11.3 Å². The van der Waals surface area contributed by atoms with Crippen molar-refractivity contribution in [3.8, 4) is 0 Å². The molecule has 1 saturated heterocycles. The van der Waals surface area contributed by atoms with Gasteiger partial charge in [-0.05, 0) is 43.0 Å². The Morgan fingerprint density at radius 3 is 2.62 bits per heavy atom. The zero-order valence-corrected chi connectivity index (χ0v) is 19.7. The molecule has 2 heterocycles. The molecule has 2 aromatic carbocycles. The summed E-state index contributed by atoms with van der Waals surface area (Å²) in [5, 5.41) is 14.6. The van der Waals surface area contributed by atoms with Gasteiger partial charge in [0.05, 0.1) is 0 Å². The first kappa shape index (κ1) is 24.0. The monoisotopic (exact) mass is 481 g/mol. The van der Waals surface area contributed by atoms with Gasteiger partial charge in [-0.2, -0.15) is 0 Å². The van der Waals surface area contributed by atoms with Gasteiger partial charge in [-0.25, -0.2) is 4.39 Å². The second-order valence-electron chi connectivity index (χ2n) is 8.42. The molecule has 178 valence electrons. The number of rotatable bonds is 9. The molecule has 0 aliphatic carbocycles. The minimum Gasteiger partial charge on any atom is -0.353 e. The molecule has 0 saturated carbocycles. The number of aryl methyl sites for hydroxylation is 1. The molecule has 0 atom stereocenters. The quantitative estimate of drug-likeness (QED) is 0.482. The van der Waals surface area contributed by atoms with Crippen LogP contribution in [-0.2, 0) is 17.8 Å². The molecule has 0 bridgehead atoms. The Bertz CT molecular complexity index is 1100. The lowest BCUT2D eigenvalue weighted by atomic mass is 10.0. The number of halogens is 1. The lowest BCUT2D eigenvalue weighted by Gasteiger charge is -2.32. The van der Waals surface area contributed by atoms with E-state index in [1.54, 1.807) is 6.07 Å². The molecule has 1 fully saturated rings. The third kappa shape index (κ3) is 7.16. The normalized spacial score (nSPS) is 14.6. The van der Waals surface area contributed by atoms with Crippen LogP contribution in [0.25, 0.3) is 0 Å². The van der Waals surface area contributed by atoms with Crippen LogP contribution < -0.4 is 10.6 Å². The van der Waals surface area contributed by atoms with E-state index in [-0.39, 0.29) is 17.0 Å². The predicted octanol–water partition coefficient (Wildman–Crippen LogP) is 4.03. The Morgan fingerprint density at radius 1 is 1.06 bits per heavy atom. The minimum absolute atomic E-state index is 0.0510. The Kier molecular flexibility index (Phi) is 8.32. The Labute approximate surface area is 202 Å². The van der Waals surface area contributed by atoms with Crippen LogP contribution in [0.3, 0.4) is 0 Å². The molecule has 0 radical (unpaired) electrons. The summed E-state index contributed by atoms with van der Waals surface area (Å²) < 4.78 is 13.3. The van der Waals surface area contributed by atoms with Gasteiger partial charge in [0.1, 0.15) is 10.8 Å². The lowest BCUT2D eigenvalue weighted by Crippen LogP contribution is -2.44. The van der Waals surface area contributed by atoms with Crippen molar-refractivity contribution in [2.75, 3.05) is 18.4 Å². The molecule has 0 unspecified atom stereocenters. The summed E-state index contributed by atoms with van der Waals surface area (Å²) in [6.07, 6.45) is 3.54. The fourth-order valence-electron chi connectivity index (χ4n) is 3.97. The number of nitrogens with zero attached hydrogens (tertiary/aromatic N) is 3. The fraction of sp³-hybridized carbons (Fsp3) is 0.360. The summed E-state index contributed by atoms with van der Waals surface area (Å²) in [5.74, 6) is -0.799. The number of nitrogens with one attached hydrogen (secondary N) is 2. The number of hydrogen-bond donors (Lipinski definition) is 2. The Morgan fingerprint density at radius 2 is 1.85 bits per heavy atom. The van der Waals surface area contributed by atoms with E-state index >= 15 is 0 Å². The van der Waals surface area contributed by atoms with Gasteiger partial charge in [0.15, 0.2) is 0 Å². The summed E-state index contributed by atoms with van der Waals surface area (Å²) in [7, 11) is 0. The number of aromatic nitrogens is 2. The molecule has 3 aromatic rings. The van der Waals surface area contributed by atoms with Gasteiger partial charge in [0.2, 0.25) is 10.9 Å². The first-order valence-electron chi connectivity index (χ1n) is 11.5. The first-order valence-corrected chi connectivity index (χ1v) is 12.3. The molecule has 1 aliphatic heterocycles. The van der Waals surface area contributed by atoms with Crippen molar-refractivity contribution < 1.29 is 14.0 Å². The third-order valence-corrected chi connectivity index (χ3v) is 6.72. The van der Waals surface area contributed by atoms with Gasteiger partial charge >= 0.3 is 0 Å². The first-order chi connectivity index (χ1) is 16.5. The summed E-state index contributed by atoms with van der Waals surface area (Å²) in [5.41, 5.74) is 1.68. The SMILES string of the molecule is O=C(CCCc1nnc(C(=O)Nc2cccc(F)c2)s1)NC1CCN(Cc2ccccc2)CC1.